The number of benzene rings is 2. The summed E-state index contributed by atoms with van der Waals surface area (Å²) in [6.45, 7) is 1.81. The summed E-state index contributed by atoms with van der Waals surface area (Å²) in [6, 6.07) is 15.8. The zero-order valence-corrected chi connectivity index (χ0v) is 12.9. The van der Waals surface area contributed by atoms with Gasteiger partial charge in [0.15, 0.2) is 0 Å². The van der Waals surface area contributed by atoms with Crippen LogP contribution in [0.4, 0.5) is 4.79 Å². The summed E-state index contributed by atoms with van der Waals surface area (Å²) in [5, 5.41) is 8.81. The third kappa shape index (κ3) is 4.11. The number of para-hydroxylation sites is 1. The predicted molar refractivity (Wildman–Crippen MR) is 85.4 cm³/mol. The van der Waals surface area contributed by atoms with Gasteiger partial charge in [0.05, 0.1) is 5.92 Å². The van der Waals surface area contributed by atoms with Crippen molar-refractivity contribution in [1.82, 2.24) is 0 Å². The van der Waals surface area contributed by atoms with Gasteiger partial charge in [0.2, 0.25) is 0 Å². The van der Waals surface area contributed by atoms with Crippen LogP contribution in [0.5, 0.6) is 5.75 Å². The van der Waals surface area contributed by atoms with Gasteiger partial charge in [0.25, 0.3) is 0 Å². The van der Waals surface area contributed by atoms with Gasteiger partial charge in [0.1, 0.15) is 5.75 Å². The van der Waals surface area contributed by atoms with Crippen LogP contribution < -0.4 is 4.74 Å². The highest BCUT2D eigenvalue weighted by molar-refractivity contribution is 8.13. The maximum atomic E-state index is 12.0. The van der Waals surface area contributed by atoms with E-state index in [-0.39, 0.29) is 0 Å². The van der Waals surface area contributed by atoms with Crippen molar-refractivity contribution in [3.8, 4) is 5.75 Å². The Morgan fingerprint density at radius 2 is 1.73 bits per heavy atom. The maximum Gasteiger partial charge on any atom is 0.377 e. The summed E-state index contributed by atoms with van der Waals surface area (Å²) in [7, 11) is 0. The lowest BCUT2D eigenvalue weighted by Gasteiger charge is -2.14. The number of hydrogen-bond acceptors (Lipinski definition) is 4. The first-order valence-electron chi connectivity index (χ1n) is 6.88. The zero-order valence-electron chi connectivity index (χ0n) is 12.1. The van der Waals surface area contributed by atoms with Crippen LogP contribution in [0.15, 0.2) is 59.5 Å². The molecule has 2 aromatic rings. The molecule has 4 nitrogen and oxygen atoms in total. The smallest absolute Gasteiger partial charge is 0.377 e. The average molecular weight is 316 g/mol. The van der Waals surface area contributed by atoms with Crippen LogP contribution in [0.25, 0.3) is 0 Å². The van der Waals surface area contributed by atoms with Crippen LogP contribution in [0.1, 0.15) is 24.8 Å². The quantitative estimate of drug-likeness (QED) is 0.647. The summed E-state index contributed by atoms with van der Waals surface area (Å²) in [5.74, 6) is -1.07. The molecule has 0 aliphatic heterocycles. The highest BCUT2D eigenvalue weighted by atomic mass is 32.2. The van der Waals surface area contributed by atoms with Gasteiger partial charge in [-0.2, -0.15) is 0 Å². The van der Waals surface area contributed by atoms with E-state index in [1.165, 1.54) is 0 Å². The summed E-state index contributed by atoms with van der Waals surface area (Å²) >= 11 is 0.902. The zero-order chi connectivity index (χ0) is 15.9. The van der Waals surface area contributed by atoms with Crippen LogP contribution in [0, 0.1) is 0 Å². The van der Waals surface area contributed by atoms with E-state index in [4.69, 9.17) is 4.74 Å². The Balaban J connectivity index is 2.16. The van der Waals surface area contributed by atoms with Crippen molar-refractivity contribution in [1.29, 1.82) is 0 Å². The molecule has 2 aromatic carbocycles. The highest BCUT2D eigenvalue weighted by Crippen LogP contribution is 2.32. The molecule has 0 bridgehead atoms. The normalized spacial score (nSPS) is 11.7. The van der Waals surface area contributed by atoms with Gasteiger partial charge in [-0.3, -0.25) is 4.79 Å². The largest absolute Gasteiger partial charge is 0.481 e. The van der Waals surface area contributed by atoms with Crippen LogP contribution in [-0.2, 0) is 4.79 Å². The van der Waals surface area contributed by atoms with Gasteiger partial charge in [0, 0.05) is 4.90 Å². The molecule has 2 rings (SSSR count). The lowest BCUT2D eigenvalue weighted by molar-refractivity contribution is -0.138. The Hall–Kier alpha value is -2.27. The Morgan fingerprint density at radius 3 is 2.36 bits per heavy atom. The Kier molecular flexibility index (Phi) is 5.61. The average Bonchev–Trinajstić information content (AvgIpc) is 2.50. The van der Waals surface area contributed by atoms with Gasteiger partial charge < -0.3 is 9.84 Å². The fourth-order valence-corrected chi connectivity index (χ4v) is 2.88. The van der Waals surface area contributed by atoms with Crippen LogP contribution >= 0.6 is 11.8 Å². The number of ether oxygens (including phenoxy) is 1. The van der Waals surface area contributed by atoms with E-state index in [1.54, 1.807) is 48.5 Å². The molecule has 0 saturated heterocycles. The molecular weight excluding hydrogens is 300 g/mol. The second-order valence-electron chi connectivity index (χ2n) is 4.60. The number of rotatable bonds is 5. The van der Waals surface area contributed by atoms with Crippen LogP contribution in [0.3, 0.4) is 0 Å². The van der Waals surface area contributed by atoms with E-state index >= 15 is 0 Å². The molecule has 0 aromatic heterocycles. The van der Waals surface area contributed by atoms with E-state index in [1.807, 2.05) is 13.0 Å². The standard InChI is InChI=1S/C17H16O4S/c1-2-13(16(18)19)14-10-6-7-11-15(14)22-17(20)21-12-8-4-3-5-9-12/h3-11,13H,2H2,1H3,(H,18,19). The summed E-state index contributed by atoms with van der Waals surface area (Å²) in [6.07, 6.45) is 0.459. The molecule has 0 amide bonds. The van der Waals surface area contributed by atoms with Crippen LogP contribution in [-0.4, -0.2) is 16.4 Å². The number of carboxylic acids is 1. The molecule has 0 aliphatic rings. The minimum Gasteiger partial charge on any atom is -0.481 e. The van der Waals surface area contributed by atoms with Gasteiger partial charge in [-0.1, -0.05) is 43.3 Å². The molecule has 1 atom stereocenters. The molecule has 22 heavy (non-hydrogen) atoms. The van der Waals surface area contributed by atoms with E-state index in [0.29, 0.717) is 22.6 Å². The van der Waals surface area contributed by atoms with Crippen molar-refractivity contribution < 1.29 is 19.4 Å². The lowest BCUT2D eigenvalue weighted by atomic mass is 9.97. The van der Waals surface area contributed by atoms with E-state index in [2.05, 4.69) is 0 Å². The van der Waals surface area contributed by atoms with Crippen molar-refractivity contribution >= 4 is 23.0 Å². The molecule has 1 N–H and O–H groups in total. The Labute approximate surface area is 133 Å². The number of hydrogen-bond donors (Lipinski definition) is 1. The first kappa shape index (κ1) is 16.1. The first-order chi connectivity index (χ1) is 10.6. The fourth-order valence-electron chi connectivity index (χ4n) is 2.08. The van der Waals surface area contributed by atoms with Crippen molar-refractivity contribution in [3.05, 3.63) is 60.2 Å². The molecule has 0 saturated carbocycles. The first-order valence-corrected chi connectivity index (χ1v) is 7.70. The minimum absolute atomic E-state index is 0.459. The third-order valence-corrected chi connectivity index (χ3v) is 3.98. The molecule has 0 radical (unpaired) electrons. The third-order valence-electron chi connectivity index (χ3n) is 3.14. The topological polar surface area (TPSA) is 63.6 Å². The highest BCUT2D eigenvalue weighted by Gasteiger charge is 2.22. The summed E-state index contributed by atoms with van der Waals surface area (Å²) in [5.41, 5.74) is 0.632. The molecule has 0 aliphatic carbocycles. The molecule has 5 heteroatoms. The number of aliphatic carboxylic acids is 1. The minimum atomic E-state index is -0.896. The number of carbonyl (C=O) groups is 2. The van der Waals surface area contributed by atoms with Crippen molar-refractivity contribution in [2.45, 2.75) is 24.2 Å². The lowest BCUT2D eigenvalue weighted by Crippen LogP contribution is -2.12. The van der Waals surface area contributed by atoms with Gasteiger partial charge >= 0.3 is 11.3 Å². The molecule has 0 spiro atoms. The number of carboxylic acid groups (broad SMARTS) is 1. The molecule has 1 unspecified atom stereocenters. The van der Waals surface area contributed by atoms with Gasteiger partial charge in [-0.25, -0.2) is 4.79 Å². The summed E-state index contributed by atoms with van der Waals surface area (Å²) in [4.78, 5) is 24.0. The summed E-state index contributed by atoms with van der Waals surface area (Å²) < 4.78 is 5.22. The maximum absolute atomic E-state index is 12.0. The number of carbonyl (C=O) groups excluding carboxylic acids is 1. The van der Waals surface area contributed by atoms with E-state index < -0.39 is 17.2 Å². The van der Waals surface area contributed by atoms with Crippen molar-refractivity contribution in [2.24, 2.45) is 0 Å². The monoisotopic (exact) mass is 316 g/mol. The second-order valence-corrected chi connectivity index (χ2v) is 5.58. The SMILES string of the molecule is CCC(C(=O)O)c1ccccc1SC(=O)Oc1ccccc1. The van der Waals surface area contributed by atoms with E-state index in [9.17, 15) is 14.7 Å². The molecule has 114 valence electrons. The van der Waals surface area contributed by atoms with Gasteiger partial charge in [-0.05, 0) is 41.9 Å². The molecule has 0 heterocycles. The second kappa shape index (κ2) is 7.66. The number of thioether (sulfide) groups is 1. The Morgan fingerprint density at radius 1 is 1.09 bits per heavy atom. The molecule has 0 fully saturated rings. The Bertz CT molecular complexity index is 655. The van der Waals surface area contributed by atoms with Gasteiger partial charge in [-0.15, -0.1) is 0 Å². The van der Waals surface area contributed by atoms with Crippen molar-refractivity contribution in [3.63, 3.8) is 0 Å². The van der Waals surface area contributed by atoms with Crippen LogP contribution in [0.2, 0.25) is 0 Å². The fraction of sp³-hybridized carbons (Fsp3) is 0.176. The van der Waals surface area contributed by atoms with Crippen molar-refractivity contribution in [2.75, 3.05) is 0 Å². The predicted octanol–water partition coefficient (Wildman–Crippen LogP) is 4.56. The van der Waals surface area contributed by atoms with E-state index in [0.717, 1.165) is 11.8 Å². The molecular formula is C17H16O4S.